The summed E-state index contributed by atoms with van der Waals surface area (Å²) in [7, 11) is -4.02. The highest BCUT2D eigenvalue weighted by atomic mass is 35.5. The molecule has 3 rings (SSSR count). The normalized spacial score (nSPS) is 11.3. The van der Waals surface area contributed by atoms with E-state index < -0.39 is 21.8 Å². The zero-order valence-electron chi connectivity index (χ0n) is 16.0. The maximum Gasteiger partial charge on any atom is 0.273 e. The number of hydrogen-bond acceptors (Lipinski definition) is 6. The average Bonchev–Trinajstić information content (AvgIpc) is 3.33. The molecule has 158 valence electrons. The van der Waals surface area contributed by atoms with E-state index >= 15 is 0 Å². The summed E-state index contributed by atoms with van der Waals surface area (Å²) < 4.78 is 37.8. The third-order valence-corrected chi connectivity index (χ3v) is 5.96. The predicted octanol–water partition coefficient (Wildman–Crippen LogP) is 2.70. The Balaban J connectivity index is 1.71. The van der Waals surface area contributed by atoms with Gasteiger partial charge in [-0.2, -0.15) is 0 Å². The molecule has 0 aliphatic carbocycles. The molecule has 0 radical (unpaired) electrons. The van der Waals surface area contributed by atoms with Crippen LogP contribution in [0.1, 0.15) is 38.0 Å². The first-order valence-electron chi connectivity index (χ1n) is 8.66. The summed E-state index contributed by atoms with van der Waals surface area (Å²) >= 11 is 6.02. The number of amides is 2. The highest BCUT2D eigenvalue weighted by Gasteiger charge is 2.21. The summed E-state index contributed by atoms with van der Waals surface area (Å²) in [6.07, 6.45) is 1.42. The molecule has 30 heavy (non-hydrogen) atoms. The SMILES string of the molecule is Cc1cc(C(=O)NNC(=O)c2ccc(Cl)c(S(=O)(=O)NCc3ccco3)c2)c(C)o1. The van der Waals surface area contributed by atoms with E-state index in [2.05, 4.69) is 15.6 Å². The molecule has 3 N–H and O–H groups in total. The van der Waals surface area contributed by atoms with Crippen molar-refractivity contribution < 1.29 is 26.8 Å². The van der Waals surface area contributed by atoms with Crippen LogP contribution in [0.5, 0.6) is 0 Å². The summed E-state index contributed by atoms with van der Waals surface area (Å²) in [6, 6.07) is 8.50. The monoisotopic (exact) mass is 451 g/mol. The first-order valence-corrected chi connectivity index (χ1v) is 10.5. The number of halogens is 1. The summed E-state index contributed by atoms with van der Waals surface area (Å²) in [6.45, 7) is 3.23. The van der Waals surface area contributed by atoms with Crippen LogP contribution in [0.25, 0.3) is 0 Å². The molecule has 0 aliphatic heterocycles. The van der Waals surface area contributed by atoms with Gasteiger partial charge in [0.25, 0.3) is 11.8 Å². The van der Waals surface area contributed by atoms with E-state index in [9.17, 15) is 18.0 Å². The van der Waals surface area contributed by atoms with Crippen molar-refractivity contribution in [2.24, 2.45) is 0 Å². The minimum absolute atomic E-state index is 0.0156. The van der Waals surface area contributed by atoms with Crippen LogP contribution in [0.3, 0.4) is 0 Å². The number of hydrogen-bond donors (Lipinski definition) is 3. The molecule has 2 heterocycles. The third kappa shape index (κ3) is 4.90. The fourth-order valence-corrected chi connectivity index (χ4v) is 4.13. The number of benzene rings is 1. The molecular formula is C19H18ClN3O6S. The van der Waals surface area contributed by atoms with Crippen molar-refractivity contribution >= 4 is 33.4 Å². The molecule has 0 spiro atoms. The van der Waals surface area contributed by atoms with Crippen molar-refractivity contribution in [1.82, 2.24) is 15.6 Å². The predicted molar refractivity (Wildman–Crippen MR) is 107 cm³/mol. The second-order valence-electron chi connectivity index (χ2n) is 6.28. The lowest BCUT2D eigenvalue weighted by Gasteiger charge is -2.10. The smallest absolute Gasteiger partial charge is 0.273 e. The van der Waals surface area contributed by atoms with Gasteiger partial charge in [0.15, 0.2) is 0 Å². The van der Waals surface area contributed by atoms with Gasteiger partial charge in [-0.25, -0.2) is 13.1 Å². The van der Waals surface area contributed by atoms with Crippen LogP contribution in [-0.2, 0) is 16.6 Å². The zero-order valence-corrected chi connectivity index (χ0v) is 17.6. The van der Waals surface area contributed by atoms with Gasteiger partial charge in [-0.15, -0.1) is 0 Å². The molecule has 0 saturated carbocycles. The topological polar surface area (TPSA) is 131 Å². The van der Waals surface area contributed by atoms with Crippen LogP contribution < -0.4 is 15.6 Å². The largest absolute Gasteiger partial charge is 0.468 e. The minimum Gasteiger partial charge on any atom is -0.468 e. The van der Waals surface area contributed by atoms with Crippen molar-refractivity contribution in [2.75, 3.05) is 0 Å². The standard InChI is InChI=1S/C19H18ClN3O6S/c1-11-8-15(12(2)29-11)19(25)23-22-18(24)13-5-6-16(20)17(9-13)30(26,27)21-10-14-4-3-7-28-14/h3-9,21H,10H2,1-2H3,(H,22,24)(H,23,25). The van der Waals surface area contributed by atoms with Gasteiger partial charge in [0, 0.05) is 5.56 Å². The number of furan rings is 2. The van der Waals surface area contributed by atoms with E-state index in [1.807, 2.05) is 0 Å². The lowest BCUT2D eigenvalue weighted by molar-refractivity contribution is 0.0845. The Hall–Kier alpha value is -3.08. The van der Waals surface area contributed by atoms with Crippen molar-refractivity contribution in [1.29, 1.82) is 0 Å². The van der Waals surface area contributed by atoms with E-state index in [-0.39, 0.29) is 27.6 Å². The van der Waals surface area contributed by atoms with E-state index in [1.54, 1.807) is 26.0 Å². The number of rotatable bonds is 6. The van der Waals surface area contributed by atoms with Crippen LogP contribution >= 0.6 is 11.6 Å². The molecule has 0 bridgehead atoms. The second kappa shape index (κ2) is 8.74. The van der Waals surface area contributed by atoms with Gasteiger partial charge in [-0.1, -0.05) is 11.6 Å². The molecule has 9 nitrogen and oxygen atoms in total. The quantitative estimate of drug-likeness (QED) is 0.494. The number of nitrogens with one attached hydrogen (secondary N) is 3. The summed E-state index contributed by atoms with van der Waals surface area (Å²) in [5.41, 5.74) is 4.75. The lowest BCUT2D eigenvalue weighted by Crippen LogP contribution is -2.41. The molecule has 0 unspecified atom stereocenters. The molecule has 0 aliphatic rings. The van der Waals surface area contributed by atoms with Gasteiger partial charge < -0.3 is 8.83 Å². The van der Waals surface area contributed by atoms with Gasteiger partial charge >= 0.3 is 0 Å². The summed E-state index contributed by atoms with van der Waals surface area (Å²) in [4.78, 5) is 24.3. The van der Waals surface area contributed by atoms with Crippen LogP contribution in [0.4, 0.5) is 0 Å². The lowest BCUT2D eigenvalue weighted by atomic mass is 10.2. The Bertz CT molecular complexity index is 1190. The van der Waals surface area contributed by atoms with E-state index in [0.717, 1.165) is 6.07 Å². The second-order valence-corrected chi connectivity index (χ2v) is 8.43. The van der Waals surface area contributed by atoms with Crippen LogP contribution in [0.2, 0.25) is 5.02 Å². The van der Waals surface area contributed by atoms with E-state index in [4.69, 9.17) is 20.4 Å². The first kappa shape index (κ1) is 21.6. The molecule has 0 saturated heterocycles. The molecule has 1 aromatic carbocycles. The highest BCUT2D eigenvalue weighted by molar-refractivity contribution is 7.89. The minimum atomic E-state index is -4.02. The van der Waals surface area contributed by atoms with Gasteiger partial charge in [0.2, 0.25) is 10.0 Å². The fourth-order valence-electron chi connectivity index (χ4n) is 2.62. The molecule has 3 aromatic rings. The number of carbonyl (C=O) groups is 2. The van der Waals surface area contributed by atoms with Crippen molar-refractivity contribution in [3.05, 3.63) is 76.1 Å². The maximum absolute atomic E-state index is 12.6. The molecule has 2 amide bonds. The Morgan fingerprint density at radius 2 is 1.80 bits per heavy atom. The van der Waals surface area contributed by atoms with Crippen molar-refractivity contribution in [3.8, 4) is 0 Å². The Morgan fingerprint density at radius 3 is 2.43 bits per heavy atom. The van der Waals surface area contributed by atoms with Crippen molar-refractivity contribution in [2.45, 2.75) is 25.3 Å². The summed E-state index contributed by atoms with van der Waals surface area (Å²) in [5, 5.41) is -0.0629. The average molecular weight is 452 g/mol. The van der Waals surface area contributed by atoms with Gasteiger partial charge in [-0.3, -0.25) is 20.4 Å². The van der Waals surface area contributed by atoms with E-state index in [0.29, 0.717) is 17.3 Å². The third-order valence-electron chi connectivity index (χ3n) is 4.07. The van der Waals surface area contributed by atoms with Crippen LogP contribution in [0.15, 0.2) is 56.4 Å². The summed E-state index contributed by atoms with van der Waals surface area (Å²) in [5.74, 6) is 0.0800. The highest BCUT2D eigenvalue weighted by Crippen LogP contribution is 2.23. The maximum atomic E-state index is 12.6. The fraction of sp³-hybridized carbons (Fsp3) is 0.158. The molecule has 0 fully saturated rings. The molecular weight excluding hydrogens is 434 g/mol. The molecule has 0 atom stereocenters. The van der Waals surface area contributed by atoms with Crippen LogP contribution in [-0.4, -0.2) is 20.2 Å². The van der Waals surface area contributed by atoms with E-state index in [1.165, 1.54) is 24.5 Å². The number of aryl methyl sites for hydroxylation is 2. The van der Waals surface area contributed by atoms with Crippen molar-refractivity contribution in [3.63, 3.8) is 0 Å². The van der Waals surface area contributed by atoms with Gasteiger partial charge in [0.1, 0.15) is 22.2 Å². The van der Waals surface area contributed by atoms with Crippen LogP contribution in [0, 0.1) is 13.8 Å². The molecule has 2 aromatic heterocycles. The van der Waals surface area contributed by atoms with Gasteiger partial charge in [-0.05, 0) is 50.2 Å². The van der Waals surface area contributed by atoms with Gasteiger partial charge in [0.05, 0.1) is 23.4 Å². The Morgan fingerprint density at radius 1 is 1.07 bits per heavy atom. The Kier molecular flexibility index (Phi) is 6.30. The Labute approximate surface area is 177 Å². The number of carbonyl (C=O) groups excluding carboxylic acids is 2. The molecule has 11 heteroatoms. The number of sulfonamides is 1. The number of hydrazine groups is 1. The first-order chi connectivity index (χ1) is 14.2. The zero-order chi connectivity index (χ0) is 21.9.